The van der Waals surface area contributed by atoms with Gasteiger partial charge in [-0.25, -0.2) is 5.43 Å². The van der Waals surface area contributed by atoms with Gasteiger partial charge in [-0.15, -0.1) is 11.8 Å². The Kier molecular flexibility index (Phi) is 6.50. The van der Waals surface area contributed by atoms with Crippen LogP contribution in [0.1, 0.15) is 5.56 Å². The highest BCUT2D eigenvalue weighted by Crippen LogP contribution is 2.23. The van der Waals surface area contributed by atoms with Gasteiger partial charge in [0.25, 0.3) is 0 Å². The van der Waals surface area contributed by atoms with E-state index in [9.17, 15) is 4.79 Å². The number of nitrogens with zero attached hydrogens (tertiary/aromatic N) is 1. The number of rotatable bonds is 7. The van der Waals surface area contributed by atoms with Crippen molar-refractivity contribution in [2.75, 3.05) is 20.0 Å². The summed E-state index contributed by atoms with van der Waals surface area (Å²) in [5, 5.41) is 3.96. The maximum atomic E-state index is 11.8. The van der Waals surface area contributed by atoms with Crippen LogP contribution in [-0.2, 0) is 4.79 Å². The molecule has 0 unspecified atom stereocenters. The molecule has 0 aliphatic heterocycles. The highest BCUT2D eigenvalue weighted by atomic mass is 32.2. The lowest BCUT2D eigenvalue weighted by Gasteiger charge is -2.06. The van der Waals surface area contributed by atoms with E-state index < -0.39 is 0 Å². The van der Waals surface area contributed by atoms with Crippen molar-refractivity contribution in [1.82, 2.24) is 5.43 Å². The molecular weight excluding hydrogens is 312 g/mol. The Morgan fingerprint density at radius 2 is 1.96 bits per heavy atom. The molecule has 0 saturated heterocycles. The molecule has 0 bridgehead atoms. The highest BCUT2D eigenvalue weighted by Gasteiger charge is 2.04. The van der Waals surface area contributed by atoms with E-state index in [1.54, 1.807) is 32.6 Å². The van der Waals surface area contributed by atoms with Crippen LogP contribution >= 0.6 is 11.8 Å². The fraction of sp³-hybridized carbons (Fsp3) is 0.176. The van der Waals surface area contributed by atoms with Gasteiger partial charge in [-0.3, -0.25) is 4.79 Å². The van der Waals surface area contributed by atoms with Crippen molar-refractivity contribution >= 4 is 23.9 Å². The first-order valence-corrected chi connectivity index (χ1v) is 7.93. The zero-order valence-corrected chi connectivity index (χ0v) is 13.8. The first kappa shape index (κ1) is 16.9. The smallest absolute Gasteiger partial charge is 0.250 e. The van der Waals surface area contributed by atoms with Crippen LogP contribution in [-0.4, -0.2) is 32.1 Å². The largest absolute Gasteiger partial charge is 0.497 e. The molecular formula is C17H18N2O3S. The van der Waals surface area contributed by atoms with Gasteiger partial charge in [-0.05, 0) is 24.3 Å². The Balaban J connectivity index is 1.87. The number of carbonyl (C=O) groups excluding carboxylic acids is 1. The van der Waals surface area contributed by atoms with Crippen LogP contribution in [0.4, 0.5) is 0 Å². The molecule has 120 valence electrons. The van der Waals surface area contributed by atoms with E-state index in [1.807, 2.05) is 36.4 Å². The molecule has 0 aliphatic rings. The average molecular weight is 330 g/mol. The Bertz CT molecular complexity index is 675. The Hall–Kier alpha value is -2.47. The normalized spacial score (nSPS) is 10.5. The SMILES string of the molecule is COc1ccc(/C=N/NC(=O)CSc2ccccc2)c(OC)c1. The number of nitrogens with one attached hydrogen (secondary N) is 1. The predicted octanol–water partition coefficient (Wildman–Crippen LogP) is 2.95. The number of ether oxygens (including phenoxy) is 2. The maximum Gasteiger partial charge on any atom is 0.250 e. The summed E-state index contributed by atoms with van der Waals surface area (Å²) >= 11 is 1.46. The molecule has 23 heavy (non-hydrogen) atoms. The number of carbonyl (C=O) groups is 1. The summed E-state index contributed by atoms with van der Waals surface area (Å²) in [6, 6.07) is 15.1. The molecule has 0 aromatic heterocycles. The van der Waals surface area contributed by atoms with Crippen LogP contribution in [0.5, 0.6) is 11.5 Å². The molecule has 6 heteroatoms. The van der Waals surface area contributed by atoms with Gasteiger partial charge in [0.2, 0.25) is 5.91 Å². The van der Waals surface area contributed by atoms with Crippen LogP contribution < -0.4 is 14.9 Å². The summed E-state index contributed by atoms with van der Waals surface area (Å²) in [4.78, 5) is 12.8. The molecule has 0 atom stereocenters. The summed E-state index contributed by atoms with van der Waals surface area (Å²) in [5.41, 5.74) is 3.26. The fourth-order valence-electron chi connectivity index (χ4n) is 1.80. The third kappa shape index (κ3) is 5.34. The standard InChI is InChI=1S/C17H18N2O3S/c1-21-14-9-8-13(16(10-14)22-2)11-18-19-17(20)12-23-15-6-4-3-5-7-15/h3-11H,12H2,1-2H3,(H,19,20)/b18-11+. The predicted molar refractivity (Wildman–Crippen MR) is 92.4 cm³/mol. The van der Waals surface area contributed by atoms with Gasteiger partial charge in [-0.2, -0.15) is 5.10 Å². The van der Waals surface area contributed by atoms with Gasteiger partial charge >= 0.3 is 0 Å². The molecule has 2 aromatic rings. The van der Waals surface area contributed by atoms with Crippen LogP contribution in [0, 0.1) is 0 Å². The molecule has 0 spiro atoms. The summed E-state index contributed by atoms with van der Waals surface area (Å²) in [5.74, 6) is 1.46. The first-order chi connectivity index (χ1) is 11.2. The quantitative estimate of drug-likeness (QED) is 0.482. The number of hydrogen-bond acceptors (Lipinski definition) is 5. The number of methoxy groups -OCH3 is 2. The van der Waals surface area contributed by atoms with E-state index in [1.165, 1.54) is 11.8 Å². The lowest BCUT2D eigenvalue weighted by Crippen LogP contribution is -2.19. The average Bonchev–Trinajstić information content (AvgIpc) is 2.61. The number of amides is 1. The van der Waals surface area contributed by atoms with E-state index in [0.29, 0.717) is 17.3 Å². The minimum absolute atomic E-state index is 0.164. The van der Waals surface area contributed by atoms with Crippen LogP contribution in [0.2, 0.25) is 0 Å². The van der Waals surface area contributed by atoms with Crippen molar-refractivity contribution < 1.29 is 14.3 Å². The van der Waals surface area contributed by atoms with Crippen LogP contribution in [0.25, 0.3) is 0 Å². The summed E-state index contributed by atoms with van der Waals surface area (Å²) in [6.07, 6.45) is 1.54. The molecule has 0 aliphatic carbocycles. The minimum atomic E-state index is -0.164. The molecule has 2 aromatic carbocycles. The Labute approximate surface area is 139 Å². The van der Waals surface area contributed by atoms with Gasteiger partial charge < -0.3 is 9.47 Å². The van der Waals surface area contributed by atoms with Gasteiger partial charge in [0.15, 0.2) is 0 Å². The van der Waals surface area contributed by atoms with Gasteiger partial charge in [0.05, 0.1) is 26.2 Å². The molecule has 1 amide bonds. The second kappa shape index (κ2) is 8.85. The van der Waals surface area contributed by atoms with E-state index in [0.717, 1.165) is 10.5 Å². The van der Waals surface area contributed by atoms with Crippen molar-refractivity contribution in [2.24, 2.45) is 5.10 Å². The summed E-state index contributed by atoms with van der Waals surface area (Å²) < 4.78 is 10.4. The van der Waals surface area contributed by atoms with E-state index in [2.05, 4.69) is 10.5 Å². The third-order valence-corrected chi connectivity index (χ3v) is 3.96. The highest BCUT2D eigenvalue weighted by molar-refractivity contribution is 8.00. The molecule has 0 saturated carbocycles. The minimum Gasteiger partial charge on any atom is -0.497 e. The summed E-state index contributed by atoms with van der Waals surface area (Å²) in [6.45, 7) is 0. The van der Waals surface area contributed by atoms with E-state index in [-0.39, 0.29) is 5.91 Å². The van der Waals surface area contributed by atoms with Crippen molar-refractivity contribution in [3.05, 3.63) is 54.1 Å². The third-order valence-electron chi connectivity index (χ3n) is 2.95. The van der Waals surface area contributed by atoms with Gasteiger partial charge in [0, 0.05) is 16.5 Å². The molecule has 2 rings (SSSR count). The van der Waals surface area contributed by atoms with Gasteiger partial charge in [0.1, 0.15) is 11.5 Å². The van der Waals surface area contributed by atoms with E-state index in [4.69, 9.17) is 9.47 Å². The molecule has 1 N–H and O–H groups in total. The second-order valence-electron chi connectivity index (χ2n) is 4.50. The molecule has 0 fully saturated rings. The van der Waals surface area contributed by atoms with Crippen molar-refractivity contribution in [1.29, 1.82) is 0 Å². The second-order valence-corrected chi connectivity index (χ2v) is 5.55. The topological polar surface area (TPSA) is 59.9 Å². The monoisotopic (exact) mass is 330 g/mol. The van der Waals surface area contributed by atoms with Crippen molar-refractivity contribution in [2.45, 2.75) is 4.90 Å². The number of hydrogen-bond donors (Lipinski definition) is 1. The van der Waals surface area contributed by atoms with Crippen LogP contribution in [0.15, 0.2) is 58.5 Å². The Morgan fingerprint density at radius 3 is 2.65 bits per heavy atom. The fourth-order valence-corrected chi connectivity index (χ4v) is 2.51. The first-order valence-electron chi connectivity index (χ1n) is 6.94. The van der Waals surface area contributed by atoms with E-state index >= 15 is 0 Å². The molecule has 0 heterocycles. The maximum absolute atomic E-state index is 11.8. The summed E-state index contributed by atoms with van der Waals surface area (Å²) in [7, 11) is 3.16. The lowest BCUT2D eigenvalue weighted by atomic mass is 10.2. The number of hydrazone groups is 1. The zero-order valence-electron chi connectivity index (χ0n) is 13.0. The van der Waals surface area contributed by atoms with Crippen LogP contribution in [0.3, 0.4) is 0 Å². The Morgan fingerprint density at radius 1 is 1.17 bits per heavy atom. The number of thioether (sulfide) groups is 1. The number of benzene rings is 2. The zero-order chi connectivity index (χ0) is 16.5. The molecule has 0 radical (unpaired) electrons. The van der Waals surface area contributed by atoms with Crippen molar-refractivity contribution in [3.8, 4) is 11.5 Å². The van der Waals surface area contributed by atoms with Gasteiger partial charge in [-0.1, -0.05) is 18.2 Å². The molecule has 5 nitrogen and oxygen atoms in total. The van der Waals surface area contributed by atoms with Crippen molar-refractivity contribution in [3.63, 3.8) is 0 Å². The lowest BCUT2D eigenvalue weighted by molar-refractivity contribution is -0.118.